The standard InChI is InChI=1S/C20H22N2O4S/c1-4-21(16-8-6-5-7-9-16)18(23)15-10-12-17(13-11-15)22-19(24)20(2,3)14-27(22,25)26/h5-13H,4,14H2,1-3H3. The van der Waals surface area contributed by atoms with Crippen LogP contribution in [0.5, 0.6) is 0 Å². The molecule has 2 amide bonds. The van der Waals surface area contributed by atoms with Crippen LogP contribution in [0.4, 0.5) is 11.4 Å². The van der Waals surface area contributed by atoms with Gasteiger partial charge in [-0.05, 0) is 57.2 Å². The lowest BCUT2D eigenvalue weighted by atomic mass is 9.95. The lowest BCUT2D eigenvalue weighted by molar-refractivity contribution is -0.123. The number of carbonyl (C=O) groups is 2. The van der Waals surface area contributed by atoms with Crippen LogP contribution < -0.4 is 9.21 Å². The van der Waals surface area contributed by atoms with Crippen LogP contribution in [0.15, 0.2) is 54.6 Å². The lowest BCUT2D eigenvalue weighted by Crippen LogP contribution is -2.33. The average molecular weight is 386 g/mol. The SMILES string of the molecule is CCN(C(=O)c1ccc(N2C(=O)C(C)(C)CS2(=O)=O)cc1)c1ccccc1. The molecule has 1 saturated heterocycles. The smallest absolute Gasteiger partial charge is 0.258 e. The lowest BCUT2D eigenvalue weighted by Gasteiger charge is -2.22. The third kappa shape index (κ3) is 3.47. The van der Waals surface area contributed by atoms with E-state index in [2.05, 4.69) is 0 Å². The highest BCUT2D eigenvalue weighted by molar-refractivity contribution is 7.94. The van der Waals surface area contributed by atoms with Crippen molar-refractivity contribution in [3.8, 4) is 0 Å². The van der Waals surface area contributed by atoms with Gasteiger partial charge in [-0.1, -0.05) is 18.2 Å². The minimum absolute atomic E-state index is 0.189. The molecule has 27 heavy (non-hydrogen) atoms. The van der Waals surface area contributed by atoms with E-state index in [1.165, 1.54) is 12.1 Å². The van der Waals surface area contributed by atoms with E-state index >= 15 is 0 Å². The molecule has 6 nitrogen and oxygen atoms in total. The second-order valence-corrected chi connectivity index (χ2v) is 8.96. The number of nitrogens with zero attached hydrogens (tertiary/aromatic N) is 2. The topological polar surface area (TPSA) is 74.8 Å². The predicted octanol–water partition coefficient (Wildman–Crippen LogP) is 3.06. The Morgan fingerprint density at radius 1 is 1.07 bits per heavy atom. The molecule has 2 aromatic rings. The van der Waals surface area contributed by atoms with Crippen molar-refractivity contribution in [3.63, 3.8) is 0 Å². The van der Waals surface area contributed by atoms with Crippen molar-refractivity contribution in [1.29, 1.82) is 0 Å². The molecule has 0 bridgehead atoms. The van der Waals surface area contributed by atoms with Crippen LogP contribution in [0.2, 0.25) is 0 Å². The van der Waals surface area contributed by atoms with Crippen LogP contribution in [0, 0.1) is 5.41 Å². The number of para-hydroxylation sites is 1. The minimum Gasteiger partial charge on any atom is -0.309 e. The Balaban J connectivity index is 1.90. The molecule has 0 radical (unpaired) electrons. The van der Waals surface area contributed by atoms with E-state index in [0.29, 0.717) is 12.1 Å². The molecule has 0 spiro atoms. The van der Waals surface area contributed by atoms with E-state index in [-0.39, 0.29) is 17.3 Å². The first-order chi connectivity index (χ1) is 12.7. The van der Waals surface area contributed by atoms with Gasteiger partial charge in [-0.2, -0.15) is 0 Å². The number of amides is 2. The van der Waals surface area contributed by atoms with Crippen LogP contribution in [0.3, 0.4) is 0 Å². The molecule has 1 aliphatic rings. The number of hydrogen-bond acceptors (Lipinski definition) is 4. The van der Waals surface area contributed by atoms with Crippen LogP contribution in [-0.4, -0.2) is 32.5 Å². The first-order valence-electron chi connectivity index (χ1n) is 8.72. The van der Waals surface area contributed by atoms with Crippen molar-refractivity contribution in [3.05, 3.63) is 60.2 Å². The van der Waals surface area contributed by atoms with Crippen molar-refractivity contribution >= 4 is 33.2 Å². The number of carbonyl (C=O) groups excluding carboxylic acids is 2. The molecule has 0 saturated carbocycles. The Morgan fingerprint density at radius 3 is 2.15 bits per heavy atom. The molecular formula is C20H22N2O4S. The van der Waals surface area contributed by atoms with E-state index in [9.17, 15) is 18.0 Å². The second kappa shape index (κ2) is 6.81. The normalized spacial score (nSPS) is 17.7. The fourth-order valence-corrected chi connectivity index (χ4v) is 5.32. The molecule has 0 unspecified atom stereocenters. The summed E-state index contributed by atoms with van der Waals surface area (Å²) in [6.07, 6.45) is 0. The van der Waals surface area contributed by atoms with Gasteiger partial charge >= 0.3 is 0 Å². The van der Waals surface area contributed by atoms with Gasteiger partial charge in [0.25, 0.3) is 5.91 Å². The van der Waals surface area contributed by atoms with Gasteiger partial charge in [-0.15, -0.1) is 0 Å². The highest BCUT2D eigenvalue weighted by atomic mass is 32.2. The predicted molar refractivity (Wildman–Crippen MR) is 105 cm³/mol. The van der Waals surface area contributed by atoms with E-state index in [1.807, 2.05) is 37.3 Å². The third-order valence-corrected chi connectivity index (χ3v) is 6.58. The van der Waals surface area contributed by atoms with Gasteiger partial charge in [0.2, 0.25) is 15.9 Å². The fourth-order valence-electron chi connectivity index (χ4n) is 3.21. The molecular weight excluding hydrogens is 364 g/mol. The van der Waals surface area contributed by atoms with Crippen LogP contribution in [-0.2, 0) is 14.8 Å². The molecule has 7 heteroatoms. The molecule has 3 rings (SSSR count). The molecule has 0 aliphatic carbocycles. The quantitative estimate of drug-likeness (QED) is 0.809. The summed E-state index contributed by atoms with van der Waals surface area (Å²) in [5, 5.41) is 0. The Labute approximate surface area is 159 Å². The average Bonchev–Trinajstić information content (AvgIpc) is 2.79. The largest absolute Gasteiger partial charge is 0.309 e. The van der Waals surface area contributed by atoms with Gasteiger partial charge in [0.15, 0.2) is 0 Å². The fraction of sp³-hybridized carbons (Fsp3) is 0.300. The summed E-state index contributed by atoms with van der Waals surface area (Å²) in [7, 11) is -3.71. The molecule has 0 N–H and O–H groups in total. The highest BCUT2D eigenvalue weighted by Crippen LogP contribution is 2.35. The van der Waals surface area contributed by atoms with Crippen LogP contribution in [0.1, 0.15) is 31.1 Å². The van der Waals surface area contributed by atoms with Crippen molar-refractivity contribution < 1.29 is 18.0 Å². The zero-order chi connectivity index (χ0) is 19.8. The zero-order valence-electron chi connectivity index (χ0n) is 15.5. The minimum atomic E-state index is -3.71. The zero-order valence-corrected chi connectivity index (χ0v) is 16.4. The number of anilines is 2. The van der Waals surface area contributed by atoms with Crippen molar-refractivity contribution in [2.24, 2.45) is 5.41 Å². The summed E-state index contributed by atoms with van der Waals surface area (Å²) in [5.41, 5.74) is 0.505. The summed E-state index contributed by atoms with van der Waals surface area (Å²) < 4.78 is 25.6. The molecule has 1 fully saturated rings. The van der Waals surface area contributed by atoms with Gasteiger partial charge < -0.3 is 4.90 Å². The summed E-state index contributed by atoms with van der Waals surface area (Å²) in [5.74, 6) is -0.871. The Bertz CT molecular complexity index is 967. The Morgan fingerprint density at radius 2 is 1.67 bits per heavy atom. The number of hydrogen-bond donors (Lipinski definition) is 0. The Kier molecular flexibility index (Phi) is 4.82. The third-order valence-electron chi connectivity index (χ3n) is 4.56. The number of rotatable bonds is 4. The van der Waals surface area contributed by atoms with Gasteiger partial charge in [0.1, 0.15) is 0 Å². The van der Waals surface area contributed by atoms with Crippen molar-refractivity contribution in [2.45, 2.75) is 20.8 Å². The van der Waals surface area contributed by atoms with Gasteiger partial charge in [-0.25, -0.2) is 12.7 Å². The monoisotopic (exact) mass is 386 g/mol. The molecule has 0 aromatic heterocycles. The van der Waals surface area contributed by atoms with E-state index in [1.54, 1.807) is 30.9 Å². The van der Waals surface area contributed by atoms with Crippen molar-refractivity contribution in [1.82, 2.24) is 0 Å². The Hall–Kier alpha value is -2.67. The summed E-state index contributed by atoms with van der Waals surface area (Å²) in [6, 6.07) is 15.4. The maximum absolute atomic E-state index is 12.8. The molecule has 2 aromatic carbocycles. The van der Waals surface area contributed by atoms with Gasteiger partial charge in [-0.3, -0.25) is 9.59 Å². The van der Waals surface area contributed by atoms with E-state index in [0.717, 1.165) is 9.99 Å². The van der Waals surface area contributed by atoms with Gasteiger partial charge in [0, 0.05) is 17.8 Å². The van der Waals surface area contributed by atoms with E-state index in [4.69, 9.17) is 0 Å². The molecule has 142 valence electrons. The summed E-state index contributed by atoms with van der Waals surface area (Å²) in [4.78, 5) is 26.9. The van der Waals surface area contributed by atoms with E-state index < -0.39 is 21.3 Å². The van der Waals surface area contributed by atoms with Crippen molar-refractivity contribution in [2.75, 3.05) is 21.5 Å². The summed E-state index contributed by atoms with van der Waals surface area (Å²) in [6.45, 7) is 5.61. The molecule has 1 aliphatic heterocycles. The van der Waals surface area contributed by atoms with Crippen LogP contribution in [0.25, 0.3) is 0 Å². The molecule has 0 atom stereocenters. The summed E-state index contributed by atoms with van der Waals surface area (Å²) >= 11 is 0. The first kappa shape index (κ1) is 19.1. The first-order valence-corrected chi connectivity index (χ1v) is 10.3. The second-order valence-electron chi connectivity index (χ2n) is 7.14. The van der Waals surface area contributed by atoms with Gasteiger partial charge in [0.05, 0.1) is 16.9 Å². The highest BCUT2D eigenvalue weighted by Gasteiger charge is 2.49. The number of benzene rings is 2. The number of sulfonamides is 1. The molecule has 1 heterocycles. The maximum atomic E-state index is 12.8. The van der Waals surface area contributed by atoms with Crippen LogP contribution >= 0.6 is 0 Å². The maximum Gasteiger partial charge on any atom is 0.258 e.